The Morgan fingerprint density at radius 3 is 2.12 bits per heavy atom. The molecule has 0 atom stereocenters. The van der Waals surface area contributed by atoms with Crippen LogP contribution in [0.4, 0.5) is 0 Å². The summed E-state index contributed by atoms with van der Waals surface area (Å²) in [4.78, 5) is 0. The maximum Gasteiger partial charge on any atom is -0.0139 e. The first-order valence-electron chi connectivity index (χ1n) is 6.53. The summed E-state index contributed by atoms with van der Waals surface area (Å²) in [7, 11) is 0. The molecule has 0 aromatic heterocycles. The van der Waals surface area contributed by atoms with Crippen molar-refractivity contribution in [3.05, 3.63) is 47.6 Å². The molecule has 0 radical (unpaired) electrons. The highest BCUT2D eigenvalue weighted by molar-refractivity contribution is 5.17. The van der Waals surface area contributed by atoms with Crippen molar-refractivity contribution in [1.29, 1.82) is 0 Å². The molecule has 0 aliphatic heterocycles. The number of hydrogen-bond donors (Lipinski definition) is 0. The molecule has 96 valence electrons. The van der Waals surface area contributed by atoms with Gasteiger partial charge in [-0.1, -0.05) is 34.4 Å². The molecule has 0 aromatic rings. The van der Waals surface area contributed by atoms with Gasteiger partial charge in [0.2, 0.25) is 0 Å². The lowest BCUT2D eigenvalue weighted by atomic mass is 9.96. The minimum atomic E-state index is 1.02. The van der Waals surface area contributed by atoms with E-state index in [9.17, 15) is 0 Å². The molecule has 0 fully saturated rings. The lowest BCUT2D eigenvalue weighted by Gasteiger charge is -2.10. The van der Waals surface area contributed by atoms with E-state index in [4.69, 9.17) is 0 Å². The van der Waals surface area contributed by atoms with Gasteiger partial charge in [-0.05, 0) is 59.8 Å². The van der Waals surface area contributed by atoms with Gasteiger partial charge >= 0.3 is 0 Å². The maximum absolute atomic E-state index is 3.97. The Labute approximate surface area is 108 Å². The van der Waals surface area contributed by atoms with Crippen LogP contribution in [0.2, 0.25) is 0 Å². The SMILES string of the molecule is C=CC/C(CCC(=C)C)=C(/C)CCC=C(C)C. The average molecular weight is 232 g/mol. The second-order valence-corrected chi connectivity index (χ2v) is 5.15. The quantitative estimate of drug-likeness (QED) is 0.451. The molecule has 0 heterocycles. The van der Waals surface area contributed by atoms with E-state index in [-0.39, 0.29) is 0 Å². The summed E-state index contributed by atoms with van der Waals surface area (Å²) in [6.45, 7) is 16.5. The minimum absolute atomic E-state index is 1.02. The smallest absolute Gasteiger partial charge is 0.0139 e. The molecule has 0 heteroatoms. The predicted molar refractivity (Wildman–Crippen MR) is 80.2 cm³/mol. The van der Waals surface area contributed by atoms with E-state index in [1.165, 1.54) is 23.1 Å². The van der Waals surface area contributed by atoms with Gasteiger partial charge in [0, 0.05) is 0 Å². The summed E-state index contributed by atoms with van der Waals surface area (Å²) in [6.07, 6.45) is 9.91. The van der Waals surface area contributed by atoms with Crippen molar-refractivity contribution in [3.8, 4) is 0 Å². The van der Waals surface area contributed by atoms with Gasteiger partial charge in [-0.15, -0.1) is 13.2 Å². The van der Waals surface area contributed by atoms with Crippen molar-refractivity contribution in [2.45, 2.75) is 59.8 Å². The molecule has 0 aromatic carbocycles. The minimum Gasteiger partial charge on any atom is -0.103 e. The van der Waals surface area contributed by atoms with Gasteiger partial charge in [0.15, 0.2) is 0 Å². The molecule has 0 aliphatic rings. The zero-order chi connectivity index (χ0) is 13.3. The Morgan fingerprint density at radius 1 is 1.00 bits per heavy atom. The molecule has 0 nitrogen and oxygen atoms in total. The molecule has 0 aliphatic carbocycles. The van der Waals surface area contributed by atoms with Crippen LogP contribution in [-0.4, -0.2) is 0 Å². The lowest BCUT2D eigenvalue weighted by molar-refractivity contribution is 0.846. The van der Waals surface area contributed by atoms with E-state index in [0.717, 1.165) is 25.7 Å². The molecular formula is C17H28. The summed E-state index contributed by atoms with van der Waals surface area (Å²) >= 11 is 0. The average Bonchev–Trinajstić information content (AvgIpc) is 2.23. The largest absolute Gasteiger partial charge is 0.103 e. The Balaban J connectivity index is 4.44. The fourth-order valence-electron chi connectivity index (χ4n) is 1.78. The summed E-state index contributed by atoms with van der Waals surface area (Å²) in [5.74, 6) is 0. The molecular weight excluding hydrogens is 204 g/mol. The Bertz CT molecular complexity index is 309. The fraction of sp³-hybridized carbons (Fsp3) is 0.529. The Kier molecular flexibility index (Phi) is 8.49. The van der Waals surface area contributed by atoms with Crippen LogP contribution in [0.25, 0.3) is 0 Å². The second-order valence-electron chi connectivity index (χ2n) is 5.15. The van der Waals surface area contributed by atoms with Crippen LogP contribution < -0.4 is 0 Å². The van der Waals surface area contributed by atoms with E-state index in [1.807, 2.05) is 6.08 Å². The van der Waals surface area contributed by atoms with Crippen molar-refractivity contribution in [3.63, 3.8) is 0 Å². The van der Waals surface area contributed by atoms with Gasteiger partial charge in [-0.25, -0.2) is 0 Å². The van der Waals surface area contributed by atoms with Crippen molar-refractivity contribution in [1.82, 2.24) is 0 Å². The van der Waals surface area contributed by atoms with Gasteiger partial charge in [0.05, 0.1) is 0 Å². The normalized spacial score (nSPS) is 11.8. The molecule has 0 amide bonds. The van der Waals surface area contributed by atoms with Crippen LogP contribution in [0, 0.1) is 0 Å². The molecule has 0 N–H and O–H groups in total. The Hall–Kier alpha value is -1.04. The summed E-state index contributed by atoms with van der Waals surface area (Å²) < 4.78 is 0. The van der Waals surface area contributed by atoms with E-state index in [0.29, 0.717) is 0 Å². The molecule has 0 saturated carbocycles. The topological polar surface area (TPSA) is 0 Å². The zero-order valence-corrected chi connectivity index (χ0v) is 12.1. The second kappa shape index (κ2) is 9.04. The summed E-state index contributed by atoms with van der Waals surface area (Å²) in [5.41, 5.74) is 5.75. The zero-order valence-electron chi connectivity index (χ0n) is 12.1. The van der Waals surface area contributed by atoms with Crippen molar-refractivity contribution < 1.29 is 0 Å². The van der Waals surface area contributed by atoms with E-state index < -0.39 is 0 Å². The van der Waals surface area contributed by atoms with Crippen LogP contribution in [0.15, 0.2) is 47.6 Å². The first-order valence-corrected chi connectivity index (χ1v) is 6.53. The van der Waals surface area contributed by atoms with Crippen LogP contribution in [0.3, 0.4) is 0 Å². The standard InChI is InChI=1S/C17H28/c1-7-9-17(13-12-15(4)5)16(6)11-8-10-14(2)3/h7,10H,1,4,8-9,11-13H2,2-3,5-6H3/b17-16+. The lowest BCUT2D eigenvalue weighted by Crippen LogP contribution is -1.90. The monoisotopic (exact) mass is 232 g/mol. The van der Waals surface area contributed by atoms with E-state index >= 15 is 0 Å². The van der Waals surface area contributed by atoms with Gasteiger partial charge in [0.25, 0.3) is 0 Å². The van der Waals surface area contributed by atoms with Crippen LogP contribution in [0.5, 0.6) is 0 Å². The van der Waals surface area contributed by atoms with E-state index in [2.05, 4.69) is 46.9 Å². The predicted octanol–water partition coefficient (Wildman–Crippen LogP) is 5.98. The summed E-state index contributed by atoms with van der Waals surface area (Å²) in [6, 6.07) is 0. The number of allylic oxidation sites excluding steroid dienone is 6. The molecule has 0 spiro atoms. The Morgan fingerprint density at radius 2 is 1.65 bits per heavy atom. The highest BCUT2D eigenvalue weighted by atomic mass is 14.1. The summed E-state index contributed by atoms with van der Waals surface area (Å²) in [5, 5.41) is 0. The van der Waals surface area contributed by atoms with Crippen LogP contribution in [-0.2, 0) is 0 Å². The fourth-order valence-corrected chi connectivity index (χ4v) is 1.78. The highest BCUT2D eigenvalue weighted by Crippen LogP contribution is 2.21. The van der Waals surface area contributed by atoms with Gasteiger partial charge < -0.3 is 0 Å². The van der Waals surface area contributed by atoms with Crippen LogP contribution >= 0.6 is 0 Å². The van der Waals surface area contributed by atoms with Gasteiger partial charge in [0.1, 0.15) is 0 Å². The molecule has 0 unspecified atom stereocenters. The third-order valence-electron chi connectivity index (χ3n) is 2.92. The van der Waals surface area contributed by atoms with Crippen molar-refractivity contribution in [2.24, 2.45) is 0 Å². The van der Waals surface area contributed by atoms with Crippen LogP contribution in [0.1, 0.15) is 59.8 Å². The number of hydrogen-bond acceptors (Lipinski definition) is 0. The number of rotatable bonds is 8. The molecule has 0 saturated heterocycles. The van der Waals surface area contributed by atoms with Gasteiger partial charge in [-0.2, -0.15) is 0 Å². The first kappa shape index (κ1) is 16.0. The molecule has 0 bridgehead atoms. The third kappa shape index (κ3) is 8.74. The van der Waals surface area contributed by atoms with E-state index in [1.54, 1.807) is 5.57 Å². The van der Waals surface area contributed by atoms with Crippen molar-refractivity contribution >= 4 is 0 Å². The van der Waals surface area contributed by atoms with Crippen molar-refractivity contribution in [2.75, 3.05) is 0 Å². The highest BCUT2D eigenvalue weighted by Gasteiger charge is 2.01. The molecule has 17 heavy (non-hydrogen) atoms. The first-order chi connectivity index (χ1) is 7.97. The molecule has 0 rings (SSSR count). The third-order valence-corrected chi connectivity index (χ3v) is 2.92. The maximum atomic E-state index is 3.97. The van der Waals surface area contributed by atoms with Gasteiger partial charge in [-0.3, -0.25) is 0 Å².